The number of aliphatic hydroxyl groups excluding tert-OH is 1. The van der Waals surface area contributed by atoms with Crippen molar-refractivity contribution >= 4 is 40.0 Å². The highest BCUT2D eigenvalue weighted by Gasteiger charge is 2.43. The topological polar surface area (TPSA) is 139 Å². The standard InChI is InChI=1S/C23H24ClN7O4/c1-31-22(26-16-5-4-15-14(20(16)24)10-25-29-15)27-21(30-31)13-3-6-17(18(9-13)34-2)35-11-19(33)28-23(12-32)7-8-23/h3-6,9-10,32H,7-8,11-12H2,1-2H3,(H,25,29)(H,28,33)(H,26,27,30). The molecule has 4 N–H and O–H groups in total. The summed E-state index contributed by atoms with van der Waals surface area (Å²) in [6.07, 6.45) is 3.21. The molecule has 11 nitrogen and oxygen atoms in total. The molecule has 35 heavy (non-hydrogen) atoms. The average molecular weight is 498 g/mol. The highest BCUT2D eigenvalue weighted by molar-refractivity contribution is 6.38. The first-order valence-corrected chi connectivity index (χ1v) is 11.3. The maximum atomic E-state index is 12.2. The van der Waals surface area contributed by atoms with E-state index in [2.05, 4.69) is 30.9 Å². The summed E-state index contributed by atoms with van der Waals surface area (Å²) in [6, 6.07) is 8.95. The number of aryl methyl sites for hydroxylation is 1. The molecule has 0 atom stereocenters. The number of carbonyl (C=O) groups is 1. The number of hydrogen-bond acceptors (Lipinski definition) is 8. The number of benzene rings is 2. The third-order valence-electron chi connectivity index (χ3n) is 5.91. The van der Waals surface area contributed by atoms with E-state index < -0.39 is 5.54 Å². The van der Waals surface area contributed by atoms with Crippen molar-refractivity contribution in [2.24, 2.45) is 7.05 Å². The maximum Gasteiger partial charge on any atom is 0.258 e. The lowest BCUT2D eigenvalue weighted by atomic mass is 10.2. The molecule has 1 amide bonds. The Morgan fingerprint density at radius 3 is 2.86 bits per heavy atom. The van der Waals surface area contributed by atoms with Crippen molar-refractivity contribution in [3.05, 3.63) is 41.6 Å². The van der Waals surface area contributed by atoms with Gasteiger partial charge in [-0.2, -0.15) is 10.1 Å². The van der Waals surface area contributed by atoms with E-state index in [4.69, 9.17) is 21.1 Å². The molecule has 0 bridgehead atoms. The fourth-order valence-electron chi connectivity index (χ4n) is 3.69. The Hall–Kier alpha value is -3.83. The summed E-state index contributed by atoms with van der Waals surface area (Å²) in [5.74, 6) is 1.52. The van der Waals surface area contributed by atoms with Crippen molar-refractivity contribution in [2.45, 2.75) is 18.4 Å². The van der Waals surface area contributed by atoms with E-state index in [0.717, 1.165) is 23.7 Å². The number of rotatable bonds is 9. The average Bonchev–Trinajstić information content (AvgIpc) is 3.28. The molecule has 0 aliphatic heterocycles. The first kappa shape index (κ1) is 22.9. The van der Waals surface area contributed by atoms with Gasteiger partial charge in [0.05, 0.1) is 41.7 Å². The molecule has 1 fully saturated rings. The molecule has 2 aromatic heterocycles. The fourth-order valence-corrected chi connectivity index (χ4v) is 3.95. The van der Waals surface area contributed by atoms with Gasteiger partial charge in [0.1, 0.15) is 0 Å². The number of amides is 1. The molecular weight excluding hydrogens is 474 g/mol. The Morgan fingerprint density at radius 2 is 2.11 bits per heavy atom. The zero-order chi connectivity index (χ0) is 24.6. The summed E-state index contributed by atoms with van der Waals surface area (Å²) in [5.41, 5.74) is 1.73. The van der Waals surface area contributed by atoms with E-state index in [1.54, 1.807) is 36.1 Å². The molecule has 0 unspecified atom stereocenters. The second-order valence-electron chi connectivity index (χ2n) is 8.41. The molecule has 5 rings (SSSR count). The zero-order valence-electron chi connectivity index (χ0n) is 19.1. The molecule has 1 aliphatic rings. The van der Waals surface area contributed by atoms with Crippen molar-refractivity contribution in [3.63, 3.8) is 0 Å². The van der Waals surface area contributed by atoms with Crippen LogP contribution in [0.1, 0.15) is 12.8 Å². The van der Waals surface area contributed by atoms with E-state index in [0.29, 0.717) is 39.5 Å². The van der Waals surface area contributed by atoms with E-state index in [1.807, 2.05) is 12.1 Å². The van der Waals surface area contributed by atoms with Crippen molar-refractivity contribution in [1.82, 2.24) is 30.3 Å². The summed E-state index contributed by atoms with van der Waals surface area (Å²) in [5, 5.41) is 28.1. The number of fused-ring (bicyclic) bond motifs is 1. The molecule has 4 aromatic rings. The van der Waals surface area contributed by atoms with Crippen LogP contribution in [0.4, 0.5) is 11.6 Å². The summed E-state index contributed by atoms with van der Waals surface area (Å²) >= 11 is 6.51. The molecule has 0 spiro atoms. The number of methoxy groups -OCH3 is 1. The Labute approximate surface area is 205 Å². The van der Waals surface area contributed by atoms with E-state index >= 15 is 0 Å². The Balaban J connectivity index is 1.31. The molecule has 0 saturated heterocycles. The number of H-pyrrole nitrogens is 1. The van der Waals surface area contributed by atoms with Crippen molar-refractivity contribution in [1.29, 1.82) is 0 Å². The van der Waals surface area contributed by atoms with Crippen molar-refractivity contribution in [3.8, 4) is 22.9 Å². The van der Waals surface area contributed by atoms with E-state index in [1.165, 1.54) is 7.11 Å². The quantitative estimate of drug-likeness (QED) is 0.277. The second-order valence-corrected chi connectivity index (χ2v) is 8.78. The van der Waals surface area contributed by atoms with Crippen LogP contribution in [0.3, 0.4) is 0 Å². The first-order chi connectivity index (χ1) is 16.9. The minimum Gasteiger partial charge on any atom is -0.493 e. The molecule has 1 aliphatic carbocycles. The van der Waals surface area contributed by atoms with Crippen LogP contribution >= 0.6 is 11.6 Å². The Kier molecular flexibility index (Phi) is 5.95. The van der Waals surface area contributed by atoms with Gasteiger partial charge in [0, 0.05) is 18.0 Å². The highest BCUT2D eigenvalue weighted by Crippen LogP contribution is 2.35. The number of ether oxygens (including phenoxy) is 2. The van der Waals surface area contributed by atoms with Crippen LogP contribution < -0.4 is 20.1 Å². The van der Waals surface area contributed by atoms with Gasteiger partial charge in [0.15, 0.2) is 23.9 Å². The molecule has 0 radical (unpaired) electrons. The number of aliphatic hydroxyl groups is 1. The van der Waals surface area contributed by atoms with Crippen LogP contribution in [0.2, 0.25) is 5.02 Å². The van der Waals surface area contributed by atoms with Gasteiger partial charge < -0.3 is 25.2 Å². The molecule has 2 aromatic carbocycles. The van der Waals surface area contributed by atoms with Crippen LogP contribution in [0.15, 0.2) is 36.5 Å². The van der Waals surface area contributed by atoms with Crippen molar-refractivity contribution < 1.29 is 19.4 Å². The first-order valence-electron chi connectivity index (χ1n) is 10.9. The highest BCUT2D eigenvalue weighted by atomic mass is 35.5. The zero-order valence-corrected chi connectivity index (χ0v) is 19.9. The Morgan fingerprint density at radius 1 is 1.29 bits per heavy atom. The van der Waals surface area contributed by atoms with Gasteiger partial charge in [-0.15, -0.1) is 5.10 Å². The SMILES string of the molecule is COc1cc(-c2nc(Nc3ccc4[nH]ncc4c3Cl)n(C)n2)ccc1OCC(=O)NC1(CO)CC1. The fraction of sp³-hybridized carbons (Fsp3) is 0.304. The van der Waals surface area contributed by atoms with Gasteiger partial charge in [-0.1, -0.05) is 11.6 Å². The smallest absolute Gasteiger partial charge is 0.258 e. The minimum absolute atomic E-state index is 0.0746. The second kappa shape index (κ2) is 9.08. The number of anilines is 2. The summed E-state index contributed by atoms with van der Waals surface area (Å²) in [7, 11) is 3.29. The van der Waals surface area contributed by atoms with Gasteiger partial charge in [-0.05, 0) is 43.2 Å². The van der Waals surface area contributed by atoms with Crippen LogP contribution in [-0.4, -0.2) is 61.8 Å². The molecule has 12 heteroatoms. The van der Waals surface area contributed by atoms with Gasteiger partial charge in [0.2, 0.25) is 5.95 Å². The maximum absolute atomic E-state index is 12.2. The number of halogens is 1. The monoisotopic (exact) mass is 497 g/mol. The largest absolute Gasteiger partial charge is 0.493 e. The lowest BCUT2D eigenvalue weighted by Gasteiger charge is -2.15. The minimum atomic E-state index is -0.487. The van der Waals surface area contributed by atoms with Crippen LogP contribution in [0.5, 0.6) is 11.5 Å². The van der Waals surface area contributed by atoms with Gasteiger partial charge >= 0.3 is 0 Å². The number of nitrogens with zero attached hydrogens (tertiary/aromatic N) is 4. The predicted molar refractivity (Wildman–Crippen MR) is 130 cm³/mol. The van der Waals surface area contributed by atoms with Crippen LogP contribution in [-0.2, 0) is 11.8 Å². The summed E-state index contributed by atoms with van der Waals surface area (Å²) in [6.45, 7) is -0.260. The summed E-state index contributed by atoms with van der Waals surface area (Å²) < 4.78 is 12.7. The Bertz CT molecular complexity index is 1400. The van der Waals surface area contributed by atoms with Crippen molar-refractivity contribution in [2.75, 3.05) is 25.6 Å². The molecule has 2 heterocycles. The number of aromatic nitrogens is 5. The lowest BCUT2D eigenvalue weighted by molar-refractivity contribution is -0.124. The summed E-state index contributed by atoms with van der Waals surface area (Å²) in [4.78, 5) is 16.8. The van der Waals surface area contributed by atoms with Gasteiger partial charge in [0.25, 0.3) is 5.91 Å². The number of hydrogen-bond donors (Lipinski definition) is 4. The molecule has 182 valence electrons. The van der Waals surface area contributed by atoms with Gasteiger partial charge in [-0.25, -0.2) is 4.68 Å². The predicted octanol–water partition coefficient (Wildman–Crippen LogP) is 2.78. The van der Waals surface area contributed by atoms with Crippen LogP contribution in [0.25, 0.3) is 22.3 Å². The lowest BCUT2D eigenvalue weighted by Crippen LogP contribution is -2.42. The number of aromatic amines is 1. The normalized spacial score (nSPS) is 14.1. The van der Waals surface area contributed by atoms with E-state index in [-0.39, 0.29) is 19.1 Å². The van der Waals surface area contributed by atoms with Gasteiger partial charge in [-0.3, -0.25) is 9.89 Å². The number of nitrogens with one attached hydrogen (secondary N) is 3. The third-order valence-corrected chi connectivity index (χ3v) is 6.32. The molecule has 1 saturated carbocycles. The molecular formula is C23H24ClN7O4. The van der Waals surface area contributed by atoms with E-state index in [9.17, 15) is 9.90 Å². The number of carbonyl (C=O) groups excluding carboxylic acids is 1. The van der Waals surface area contributed by atoms with Crippen LogP contribution in [0, 0.1) is 0 Å². The third kappa shape index (κ3) is 4.60.